The van der Waals surface area contributed by atoms with E-state index in [1.807, 2.05) is 13.8 Å². The zero-order valence-electron chi connectivity index (χ0n) is 15.1. The molecule has 3 N–H and O–H groups in total. The molecule has 144 valence electrons. The Balaban J connectivity index is 2.73. The van der Waals surface area contributed by atoms with Gasteiger partial charge in [-0.2, -0.15) is 0 Å². The number of anilines is 1. The Bertz CT molecular complexity index is 677. The molecule has 0 unspecified atom stereocenters. The molecule has 9 heteroatoms. The minimum Gasteiger partial charge on any atom is -0.496 e. The summed E-state index contributed by atoms with van der Waals surface area (Å²) in [6.45, 7) is 3.23. The van der Waals surface area contributed by atoms with Gasteiger partial charge in [0.2, 0.25) is 0 Å². The molecule has 1 aromatic rings. The number of methoxy groups -OCH3 is 2. The van der Waals surface area contributed by atoms with Crippen molar-refractivity contribution in [3.05, 3.63) is 22.7 Å². The molecule has 1 atom stereocenters. The SMILES string of the molecule is COC(=O)[C@@H](CC(C)C)NC(=O)COC(=O)c1cc(Cl)c(N)cc1OC. The number of rotatable bonds is 8. The second-order valence-corrected chi connectivity index (χ2v) is 6.33. The van der Waals surface area contributed by atoms with Crippen molar-refractivity contribution in [2.75, 3.05) is 26.6 Å². The average Bonchev–Trinajstić information content (AvgIpc) is 2.59. The maximum atomic E-state index is 12.2. The fourth-order valence-electron chi connectivity index (χ4n) is 2.17. The van der Waals surface area contributed by atoms with E-state index in [0.29, 0.717) is 6.42 Å². The standard InChI is InChI=1S/C17H23ClN2O6/c1-9(2)5-13(17(23)25-4)20-15(21)8-26-16(22)10-6-11(18)12(19)7-14(10)24-3/h6-7,9,13H,5,8,19H2,1-4H3,(H,20,21)/t13-/m1/s1. The Morgan fingerprint density at radius 3 is 2.42 bits per heavy atom. The van der Waals surface area contributed by atoms with Crippen LogP contribution < -0.4 is 15.8 Å². The first-order valence-corrected chi connectivity index (χ1v) is 8.24. The number of esters is 2. The van der Waals surface area contributed by atoms with Crippen LogP contribution in [0.3, 0.4) is 0 Å². The van der Waals surface area contributed by atoms with Crippen LogP contribution in [0.15, 0.2) is 12.1 Å². The van der Waals surface area contributed by atoms with Gasteiger partial charge in [0.25, 0.3) is 5.91 Å². The molecule has 1 rings (SSSR count). The second-order valence-electron chi connectivity index (χ2n) is 5.92. The van der Waals surface area contributed by atoms with E-state index in [9.17, 15) is 14.4 Å². The molecule has 0 spiro atoms. The topological polar surface area (TPSA) is 117 Å². The van der Waals surface area contributed by atoms with Gasteiger partial charge in [-0.1, -0.05) is 25.4 Å². The van der Waals surface area contributed by atoms with Gasteiger partial charge in [-0.3, -0.25) is 4.79 Å². The maximum Gasteiger partial charge on any atom is 0.342 e. The van der Waals surface area contributed by atoms with E-state index in [1.54, 1.807) is 0 Å². The first-order valence-electron chi connectivity index (χ1n) is 7.86. The van der Waals surface area contributed by atoms with Gasteiger partial charge >= 0.3 is 11.9 Å². The fraction of sp³-hybridized carbons (Fsp3) is 0.471. The number of hydrogen-bond donors (Lipinski definition) is 2. The van der Waals surface area contributed by atoms with Gasteiger partial charge in [0.15, 0.2) is 6.61 Å². The lowest BCUT2D eigenvalue weighted by atomic mass is 10.0. The monoisotopic (exact) mass is 386 g/mol. The largest absolute Gasteiger partial charge is 0.496 e. The number of benzene rings is 1. The number of halogens is 1. The van der Waals surface area contributed by atoms with E-state index in [4.69, 9.17) is 26.8 Å². The molecule has 0 heterocycles. The third-order valence-corrected chi connectivity index (χ3v) is 3.73. The molecule has 0 aliphatic carbocycles. The summed E-state index contributed by atoms with van der Waals surface area (Å²) in [4.78, 5) is 35.9. The average molecular weight is 387 g/mol. The molecule has 0 aliphatic rings. The minimum absolute atomic E-state index is 0.0335. The number of amides is 1. The highest BCUT2D eigenvalue weighted by molar-refractivity contribution is 6.33. The Hall–Kier alpha value is -2.48. The minimum atomic E-state index is -0.813. The Labute approximate surface area is 156 Å². The van der Waals surface area contributed by atoms with E-state index < -0.39 is 30.5 Å². The summed E-state index contributed by atoms with van der Waals surface area (Å²) in [5.74, 6) is -1.68. The number of nitrogen functional groups attached to an aromatic ring is 1. The summed E-state index contributed by atoms with van der Waals surface area (Å²) in [7, 11) is 2.60. The number of hydrogen-bond acceptors (Lipinski definition) is 7. The first kappa shape index (κ1) is 21.6. The molecule has 1 amide bonds. The Kier molecular flexibility index (Phi) is 8.18. The second kappa shape index (κ2) is 9.86. The number of carbonyl (C=O) groups excluding carboxylic acids is 3. The van der Waals surface area contributed by atoms with E-state index in [2.05, 4.69) is 10.1 Å². The van der Waals surface area contributed by atoms with Crippen LogP contribution in [0.4, 0.5) is 5.69 Å². The molecule has 0 aliphatic heterocycles. The Morgan fingerprint density at radius 1 is 1.23 bits per heavy atom. The predicted octanol–water partition coefficient (Wildman–Crippen LogP) is 1.79. The summed E-state index contributed by atoms with van der Waals surface area (Å²) in [6, 6.07) is 1.87. The van der Waals surface area contributed by atoms with Crippen molar-refractivity contribution >= 4 is 35.1 Å². The van der Waals surface area contributed by atoms with E-state index >= 15 is 0 Å². The fourth-order valence-corrected chi connectivity index (χ4v) is 2.33. The maximum absolute atomic E-state index is 12.2. The highest BCUT2D eigenvalue weighted by Gasteiger charge is 2.24. The van der Waals surface area contributed by atoms with Gasteiger partial charge in [0.05, 0.1) is 24.9 Å². The molecular formula is C17H23ClN2O6. The van der Waals surface area contributed by atoms with E-state index in [0.717, 1.165) is 0 Å². The van der Waals surface area contributed by atoms with E-state index in [-0.39, 0.29) is 27.9 Å². The normalized spacial score (nSPS) is 11.6. The van der Waals surface area contributed by atoms with Crippen LogP contribution in [-0.2, 0) is 19.1 Å². The molecule has 26 heavy (non-hydrogen) atoms. The molecule has 0 saturated carbocycles. The van der Waals surface area contributed by atoms with Gasteiger partial charge in [-0.15, -0.1) is 0 Å². The highest BCUT2D eigenvalue weighted by Crippen LogP contribution is 2.29. The lowest BCUT2D eigenvalue weighted by Crippen LogP contribution is -2.44. The van der Waals surface area contributed by atoms with Crippen molar-refractivity contribution < 1.29 is 28.6 Å². The van der Waals surface area contributed by atoms with Crippen LogP contribution in [0, 0.1) is 5.92 Å². The summed E-state index contributed by atoms with van der Waals surface area (Å²) in [6.07, 6.45) is 0.397. The highest BCUT2D eigenvalue weighted by atomic mass is 35.5. The van der Waals surface area contributed by atoms with Crippen molar-refractivity contribution in [1.82, 2.24) is 5.32 Å². The lowest BCUT2D eigenvalue weighted by Gasteiger charge is -2.18. The third kappa shape index (κ3) is 6.11. The number of nitrogens with one attached hydrogen (secondary N) is 1. The number of ether oxygens (including phenoxy) is 3. The predicted molar refractivity (Wildman–Crippen MR) is 96.1 cm³/mol. The molecule has 0 bridgehead atoms. The van der Waals surface area contributed by atoms with E-state index in [1.165, 1.54) is 26.4 Å². The van der Waals surface area contributed by atoms with Crippen LogP contribution in [-0.4, -0.2) is 44.7 Å². The summed E-state index contributed by atoms with van der Waals surface area (Å²) >= 11 is 5.90. The smallest absolute Gasteiger partial charge is 0.342 e. The summed E-state index contributed by atoms with van der Waals surface area (Å²) in [5.41, 5.74) is 5.93. The van der Waals surface area contributed by atoms with Gasteiger partial charge in [-0.05, 0) is 18.4 Å². The Morgan fingerprint density at radius 2 is 1.88 bits per heavy atom. The third-order valence-electron chi connectivity index (χ3n) is 3.40. The zero-order chi connectivity index (χ0) is 19.9. The van der Waals surface area contributed by atoms with Crippen molar-refractivity contribution in [3.63, 3.8) is 0 Å². The van der Waals surface area contributed by atoms with Gasteiger partial charge in [-0.25, -0.2) is 9.59 Å². The number of nitrogens with two attached hydrogens (primary N) is 1. The quantitative estimate of drug-likeness (QED) is 0.516. The van der Waals surface area contributed by atoms with Gasteiger partial charge < -0.3 is 25.3 Å². The lowest BCUT2D eigenvalue weighted by molar-refractivity contribution is -0.145. The van der Waals surface area contributed by atoms with Crippen LogP contribution in [0.2, 0.25) is 5.02 Å². The molecule has 0 saturated heterocycles. The van der Waals surface area contributed by atoms with Crippen molar-refractivity contribution in [2.45, 2.75) is 26.3 Å². The van der Waals surface area contributed by atoms with Crippen molar-refractivity contribution in [1.29, 1.82) is 0 Å². The van der Waals surface area contributed by atoms with Crippen LogP contribution in [0.5, 0.6) is 5.75 Å². The number of carbonyl (C=O) groups is 3. The zero-order valence-corrected chi connectivity index (χ0v) is 15.9. The van der Waals surface area contributed by atoms with Crippen molar-refractivity contribution in [2.24, 2.45) is 5.92 Å². The van der Waals surface area contributed by atoms with Crippen LogP contribution in [0.25, 0.3) is 0 Å². The molecule has 8 nitrogen and oxygen atoms in total. The molecule has 0 radical (unpaired) electrons. The van der Waals surface area contributed by atoms with Gasteiger partial charge in [0.1, 0.15) is 17.4 Å². The molecular weight excluding hydrogens is 364 g/mol. The summed E-state index contributed by atoms with van der Waals surface area (Å²) in [5, 5.41) is 2.64. The van der Waals surface area contributed by atoms with Gasteiger partial charge in [0, 0.05) is 6.07 Å². The van der Waals surface area contributed by atoms with Crippen LogP contribution >= 0.6 is 11.6 Å². The molecule has 0 fully saturated rings. The molecule has 1 aromatic carbocycles. The van der Waals surface area contributed by atoms with Crippen LogP contribution in [0.1, 0.15) is 30.6 Å². The summed E-state index contributed by atoms with van der Waals surface area (Å²) < 4.78 is 14.7. The first-order chi connectivity index (χ1) is 12.2. The molecule has 0 aromatic heterocycles. The van der Waals surface area contributed by atoms with Crippen molar-refractivity contribution in [3.8, 4) is 5.75 Å².